The summed E-state index contributed by atoms with van der Waals surface area (Å²) in [5.74, 6) is -5.13. The van der Waals surface area contributed by atoms with E-state index in [0.717, 1.165) is 13.8 Å². The van der Waals surface area contributed by atoms with Gasteiger partial charge in [0.05, 0.1) is 0 Å². The second kappa shape index (κ2) is 15.9. The van der Waals surface area contributed by atoms with Crippen molar-refractivity contribution in [2.75, 3.05) is 0 Å². The molecule has 0 amide bonds. The second-order valence-electron chi connectivity index (χ2n) is 1.89. The first-order valence-electron chi connectivity index (χ1n) is 3.43. The number of hydrogen-bond acceptors (Lipinski definition) is 7. The Morgan fingerprint density at radius 3 is 0.938 bits per heavy atom. The van der Waals surface area contributed by atoms with Gasteiger partial charge in [-0.25, -0.2) is 0 Å². The maximum atomic E-state index is 9.48. The predicted octanol–water partition coefficient (Wildman–Crippen LogP) is -3.24. The largest absolute Gasteiger partial charge is 3.00 e. The molecule has 16 heavy (non-hydrogen) atoms. The number of Topliss-reactive ketones (excluding diaryl/α,β-unsaturated/α-hetero) is 2. The van der Waals surface area contributed by atoms with Crippen molar-refractivity contribution >= 4 is 29.8 Å². The molecule has 0 aromatic carbocycles. The van der Waals surface area contributed by atoms with E-state index in [1.807, 2.05) is 0 Å². The van der Waals surface area contributed by atoms with Crippen LogP contribution in [0.1, 0.15) is 20.8 Å². The number of carboxylic acids is 2. The van der Waals surface area contributed by atoms with Gasteiger partial charge >= 0.3 is 17.4 Å². The van der Waals surface area contributed by atoms with Gasteiger partial charge < -0.3 is 24.6 Å². The van der Waals surface area contributed by atoms with E-state index in [9.17, 15) is 29.4 Å². The summed E-state index contributed by atoms with van der Waals surface area (Å²) in [7, 11) is 0. The number of carbonyl (C=O) groups excluding carboxylic acids is 5. The van der Waals surface area contributed by atoms with Crippen LogP contribution in [0.3, 0.4) is 0 Å². The minimum atomic E-state index is -1.63. The van der Waals surface area contributed by atoms with Gasteiger partial charge in [-0.2, -0.15) is 6.92 Å². The van der Waals surface area contributed by atoms with E-state index in [1.54, 1.807) is 0 Å². The van der Waals surface area contributed by atoms with Gasteiger partial charge in [-0.1, -0.05) is 0 Å². The zero-order valence-electron chi connectivity index (χ0n) is 8.77. The van der Waals surface area contributed by atoms with E-state index in [0.29, 0.717) is 0 Å². The van der Waals surface area contributed by atoms with Crippen LogP contribution in [0.15, 0.2) is 0 Å². The Balaban J connectivity index is -0.0000000692. The van der Waals surface area contributed by atoms with Gasteiger partial charge in [-0.3, -0.25) is 15.9 Å². The first-order chi connectivity index (χ1) is 6.70. The number of rotatable bonds is 2. The van der Waals surface area contributed by atoms with Gasteiger partial charge in [0, 0.05) is 13.8 Å². The third kappa shape index (κ3) is 39.2. The second-order valence-corrected chi connectivity index (χ2v) is 1.89. The maximum absolute atomic E-state index is 9.48. The molecule has 0 aromatic heterocycles. The molecule has 0 aromatic rings. The van der Waals surface area contributed by atoms with Crippen LogP contribution in [-0.4, -0.2) is 29.8 Å². The van der Waals surface area contributed by atoms with E-state index in [-0.39, 0.29) is 17.4 Å². The van der Waals surface area contributed by atoms with Crippen molar-refractivity contribution in [2.45, 2.75) is 20.8 Å². The molecule has 8 heteroatoms. The van der Waals surface area contributed by atoms with Gasteiger partial charge in [0.15, 0.2) is 11.6 Å². The Hall–Kier alpha value is -1.52. The van der Waals surface area contributed by atoms with E-state index in [4.69, 9.17) is 4.79 Å². The van der Waals surface area contributed by atoms with Crippen molar-refractivity contribution in [1.29, 1.82) is 0 Å². The molecule has 0 bridgehead atoms. The molecule has 0 N–H and O–H groups in total. The molecule has 0 unspecified atom stereocenters. The Labute approximate surface area is 103 Å². The summed E-state index contributed by atoms with van der Waals surface area (Å²) in [6.07, 6.45) is 1.50. The molecule has 0 saturated carbocycles. The molecule has 0 spiro atoms. The molecule has 0 rings (SSSR count). The van der Waals surface area contributed by atoms with Crippen molar-refractivity contribution in [3.8, 4) is 0 Å². The molecule has 0 aliphatic carbocycles. The normalized spacial score (nSPS) is 6.44. The zero-order chi connectivity index (χ0) is 13.0. The van der Waals surface area contributed by atoms with Crippen LogP contribution in [0.2, 0.25) is 0 Å². The van der Waals surface area contributed by atoms with Crippen molar-refractivity contribution in [1.82, 2.24) is 0 Å². The van der Waals surface area contributed by atoms with E-state index in [1.165, 1.54) is 13.2 Å². The number of ketones is 2. The quantitative estimate of drug-likeness (QED) is 0.380. The van der Waals surface area contributed by atoms with Gasteiger partial charge in [0.2, 0.25) is 0 Å². The summed E-state index contributed by atoms with van der Waals surface area (Å²) < 4.78 is 0. The van der Waals surface area contributed by atoms with Crippen molar-refractivity contribution in [2.24, 2.45) is 0 Å². The topological polar surface area (TPSA) is 131 Å². The van der Waals surface area contributed by atoms with Gasteiger partial charge in [0.1, 0.15) is 11.9 Å². The molecule has 7 nitrogen and oxygen atoms in total. The molecule has 0 saturated heterocycles. The van der Waals surface area contributed by atoms with Crippen LogP contribution in [-0.2, 0) is 41.3 Å². The van der Waals surface area contributed by atoms with Crippen LogP contribution < -0.4 is 10.2 Å². The van der Waals surface area contributed by atoms with Crippen molar-refractivity contribution in [3.63, 3.8) is 0 Å². The maximum Gasteiger partial charge on any atom is 3.00 e. The fourth-order valence-electron chi connectivity index (χ4n) is 0. The summed E-state index contributed by atoms with van der Waals surface area (Å²) in [6, 6.07) is 0. The summed E-state index contributed by atoms with van der Waals surface area (Å²) >= 11 is 0. The fourth-order valence-corrected chi connectivity index (χ4v) is 0. The average Bonchev–Trinajstić information content (AvgIpc) is 2.06. The Kier molecular flexibility index (Phi) is 23.9. The van der Waals surface area contributed by atoms with Crippen molar-refractivity contribution < 1.29 is 51.5 Å². The molecule has 1 radical (unpaired) electrons. The van der Waals surface area contributed by atoms with E-state index in [2.05, 4.69) is 0 Å². The summed E-state index contributed by atoms with van der Waals surface area (Å²) in [5.41, 5.74) is 0. The number of hydrogen-bond donors (Lipinski definition) is 0. The molecule has 89 valence electrons. The molecule has 0 aliphatic heterocycles. The van der Waals surface area contributed by atoms with Crippen LogP contribution >= 0.6 is 0 Å². The van der Waals surface area contributed by atoms with Gasteiger partial charge in [-0.15, -0.1) is 0 Å². The molecule has 0 heterocycles. The van der Waals surface area contributed by atoms with Crippen LogP contribution in [0.4, 0.5) is 0 Å². The van der Waals surface area contributed by atoms with Crippen LogP contribution in [0, 0.1) is 0 Å². The SMILES string of the molecule is CC(=O)C(=O)[O-].CC(=O)C(=O)[O-].C[C-]=O.[Cr+3]. The fraction of sp³-hybridized carbons (Fsp3) is 0.375. The van der Waals surface area contributed by atoms with Crippen molar-refractivity contribution in [3.05, 3.63) is 0 Å². The molecule has 0 atom stereocenters. The molecular weight excluding hydrogens is 260 g/mol. The zero-order valence-corrected chi connectivity index (χ0v) is 10.0. The van der Waals surface area contributed by atoms with Gasteiger partial charge in [-0.05, 0) is 0 Å². The van der Waals surface area contributed by atoms with Crippen LogP contribution in [0.5, 0.6) is 0 Å². The number of aliphatic carboxylic acids is 2. The monoisotopic (exact) mass is 269 g/mol. The third-order valence-corrected chi connectivity index (χ3v) is 0.575. The van der Waals surface area contributed by atoms with E-state index >= 15 is 0 Å². The van der Waals surface area contributed by atoms with E-state index < -0.39 is 23.5 Å². The number of carboxylic acid groups (broad SMARTS) is 2. The Bertz CT molecular complexity index is 211. The Morgan fingerprint density at radius 1 is 0.875 bits per heavy atom. The Morgan fingerprint density at radius 2 is 0.938 bits per heavy atom. The number of carbonyl (C=O) groups is 4. The van der Waals surface area contributed by atoms with Crippen LogP contribution in [0.25, 0.3) is 0 Å². The minimum absolute atomic E-state index is 0. The smallest absolute Gasteiger partial charge is 0.542 e. The summed E-state index contributed by atoms with van der Waals surface area (Å²) in [4.78, 5) is 46.1. The molecule has 0 fully saturated rings. The third-order valence-electron chi connectivity index (χ3n) is 0.575. The average molecular weight is 269 g/mol. The molecular formula is C8H9CrO7. The first-order valence-corrected chi connectivity index (χ1v) is 3.43. The first kappa shape index (κ1) is 24.0. The minimum Gasteiger partial charge on any atom is -0.542 e. The molecule has 0 aliphatic rings. The predicted molar refractivity (Wildman–Crippen MR) is 42.7 cm³/mol. The summed E-state index contributed by atoms with van der Waals surface area (Å²) in [6.45, 7) is 3.20. The van der Waals surface area contributed by atoms with Gasteiger partial charge in [0.25, 0.3) is 0 Å². The standard InChI is InChI=1S/2C3H4O3.C2H3O.Cr/c2*1-2(4)3(5)6;1-2-3;/h2*1H3,(H,5,6);1H3;/q;;-1;+3/p-2. The summed E-state index contributed by atoms with van der Waals surface area (Å²) in [5, 5.41) is 18.5.